The van der Waals surface area contributed by atoms with Gasteiger partial charge in [0.15, 0.2) is 17.3 Å². The molecule has 4 aromatic rings. The minimum absolute atomic E-state index is 0.231. The van der Waals surface area contributed by atoms with E-state index in [-0.39, 0.29) is 17.3 Å². The maximum Gasteiger partial charge on any atom is 0.185 e. The minimum atomic E-state index is -1.64. The van der Waals surface area contributed by atoms with Crippen molar-refractivity contribution < 1.29 is 23.9 Å². The van der Waals surface area contributed by atoms with Crippen molar-refractivity contribution in [2.75, 3.05) is 19.1 Å². The first kappa shape index (κ1) is 26.2. The maximum absolute atomic E-state index is 14.8. The highest BCUT2D eigenvalue weighted by Crippen LogP contribution is 2.62. The zero-order valence-electron chi connectivity index (χ0n) is 22.9. The zero-order valence-corrected chi connectivity index (χ0v) is 23.7. The van der Waals surface area contributed by atoms with Gasteiger partial charge in [0.05, 0.1) is 20.3 Å². The summed E-state index contributed by atoms with van der Waals surface area (Å²) in [5.74, 6) is -0.770. The molecule has 3 aliphatic rings. The van der Waals surface area contributed by atoms with Gasteiger partial charge in [0.1, 0.15) is 23.0 Å². The Kier molecular flexibility index (Phi) is 6.06. The lowest BCUT2D eigenvalue weighted by molar-refractivity contribution is 0.0664. The molecule has 3 unspecified atom stereocenters. The van der Waals surface area contributed by atoms with Gasteiger partial charge < -0.3 is 14.4 Å². The van der Waals surface area contributed by atoms with Crippen LogP contribution in [-0.4, -0.2) is 43.7 Å². The molecule has 2 aliphatic heterocycles. The van der Waals surface area contributed by atoms with Crippen LogP contribution in [0.2, 0.25) is 5.02 Å². The molecule has 0 aromatic heterocycles. The molecule has 3 atom stereocenters. The summed E-state index contributed by atoms with van der Waals surface area (Å²) in [5, 5.41) is 0.501. The highest BCUT2D eigenvalue weighted by molar-refractivity contribution is 6.32. The van der Waals surface area contributed by atoms with Crippen molar-refractivity contribution in [3.63, 3.8) is 0 Å². The summed E-state index contributed by atoms with van der Waals surface area (Å²) in [5.41, 5.74) is 1.74. The first-order valence-corrected chi connectivity index (χ1v) is 14.1. The summed E-state index contributed by atoms with van der Waals surface area (Å²) in [6, 6.07) is 25.0. The molecule has 0 N–H and O–H groups in total. The van der Waals surface area contributed by atoms with E-state index in [1.165, 1.54) is 0 Å². The van der Waals surface area contributed by atoms with Crippen LogP contribution in [0.25, 0.3) is 6.08 Å². The fourth-order valence-electron chi connectivity index (χ4n) is 7.13. The molecule has 42 heavy (non-hydrogen) atoms. The number of methoxy groups -OCH3 is 2. The van der Waals surface area contributed by atoms with Gasteiger partial charge in [0, 0.05) is 38.9 Å². The van der Waals surface area contributed by atoms with Gasteiger partial charge in [-0.3, -0.25) is 14.4 Å². The monoisotopic (exact) mass is 575 g/mol. The van der Waals surface area contributed by atoms with Gasteiger partial charge in [-0.05, 0) is 54.1 Å². The quantitative estimate of drug-likeness (QED) is 0.195. The largest absolute Gasteiger partial charge is 0.497 e. The fourth-order valence-corrected chi connectivity index (χ4v) is 7.25. The van der Waals surface area contributed by atoms with Gasteiger partial charge in [-0.2, -0.15) is 0 Å². The lowest BCUT2D eigenvalue weighted by atomic mass is 9.64. The van der Waals surface area contributed by atoms with Crippen LogP contribution in [0.3, 0.4) is 0 Å². The second kappa shape index (κ2) is 9.71. The van der Waals surface area contributed by atoms with Crippen molar-refractivity contribution in [3.05, 3.63) is 130 Å². The number of hydrogen-bond donors (Lipinski definition) is 0. The number of carbonyl (C=O) groups is 3. The summed E-state index contributed by atoms with van der Waals surface area (Å²) in [4.78, 5) is 46.4. The molecule has 6 nitrogen and oxygen atoms in total. The lowest BCUT2D eigenvalue weighted by Crippen LogP contribution is -2.48. The summed E-state index contributed by atoms with van der Waals surface area (Å²) < 4.78 is 11.4. The molecule has 1 fully saturated rings. The van der Waals surface area contributed by atoms with E-state index < -0.39 is 23.4 Å². The van der Waals surface area contributed by atoms with Crippen molar-refractivity contribution in [1.82, 2.24) is 0 Å². The summed E-state index contributed by atoms with van der Waals surface area (Å²) in [6.45, 7) is 0. The van der Waals surface area contributed by atoms with Crippen molar-refractivity contribution in [1.29, 1.82) is 0 Å². The summed E-state index contributed by atoms with van der Waals surface area (Å²) in [7, 11) is 3.09. The number of rotatable bonds is 5. The molecule has 208 valence electrons. The molecular weight excluding hydrogens is 550 g/mol. The SMILES string of the molecule is COc1ccc(OC)c(C2C(C(=O)c3ccc(Cl)cc3)N3c4ccccc4C=CC3C23C(=O)c2ccccc2C3=O)c1. The van der Waals surface area contributed by atoms with Gasteiger partial charge in [0.2, 0.25) is 0 Å². The Bertz CT molecular complexity index is 1780. The van der Waals surface area contributed by atoms with Crippen LogP contribution < -0.4 is 14.4 Å². The van der Waals surface area contributed by atoms with Crippen molar-refractivity contribution in [2.24, 2.45) is 5.41 Å². The Morgan fingerprint density at radius 3 is 2.17 bits per heavy atom. The van der Waals surface area contributed by atoms with Crippen LogP contribution in [0.5, 0.6) is 11.5 Å². The van der Waals surface area contributed by atoms with E-state index in [0.717, 1.165) is 11.3 Å². The number of benzene rings is 4. The molecule has 7 heteroatoms. The third-order valence-corrected chi connectivity index (χ3v) is 9.13. The second-order valence-electron chi connectivity index (χ2n) is 10.7. The van der Waals surface area contributed by atoms with Crippen LogP contribution in [0.15, 0.2) is 97.1 Å². The molecule has 0 saturated carbocycles. The molecule has 1 aliphatic carbocycles. The molecule has 1 saturated heterocycles. The average Bonchev–Trinajstić information content (AvgIpc) is 3.46. The normalized spacial score (nSPS) is 21.2. The van der Waals surface area contributed by atoms with E-state index >= 15 is 0 Å². The number of carbonyl (C=O) groups excluding carboxylic acids is 3. The number of nitrogens with zero attached hydrogens (tertiary/aromatic N) is 1. The van der Waals surface area contributed by atoms with Crippen molar-refractivity contribution >= 4 is 40.7 Å². The molecule has 0 radical (unpaired) electrons. The molecule has 7 rings (SSSR count). The topological polar surface area (TPSA) is 72.9 Å². The van der Waals surface area contributed by atoms with E-state index in [0.29, 0.717) is 38.8 Å². The number of ether oxygens (including phenoxy) is 2. The summed E-state index contributed by atoms with van der Waals surface area (Å²) in [6.07, 6.45) is 3.84. The lowest BCUT2D eigenvalue weighted by Gasteiger charge is -2.37. The van der Waals surface area contributed by atoms with Gasteiger partial charge >= 0.3 is 0 Å². The van der Waals surface area contributed by atoms with Crippen molar-refractivity contribution in [3.8, 4) is 11.5 Å². The average molecular weight is 576 g/mol. The third-order valence-electron chi connectivity index (χ3n) is 8.88. The number of halogens is 1. The number of fused-ring (bicyclic) bond motifs is 5. The van der Waals surface area contributed by atoms with Crippen LogP contribution in [0, 0.1) is 5.41 Å². The van der Waals surface area contributed by atoms with Crippen LogP contribution in [0.4, 0.5) is 5.69 Å². The Labute approximate surface area is 248 Å². The van der Waals surface area contributed by atoms with E-state index in [2.05, 4.69) is 0 Å². The summed E-state index contributed by atoms with van der Waals surface area (Å²) >= 11 is 6.19. The predicted octanol–water partition coefficient (Wildman–Crippen LogP) is 6.67. The molecule has 0 bridgehead atoms. The number of anilines is 1. The fraction of sp³-hybridized carbons (Fsp3) is 0.171. The van der Waals surface area contributed by atoms with E-state index in [1.54, 1.807) is 80.9 Å². The van der Waals surface area contributed by atoms with Gasteiger partial charge in [-0.15, -0.1) is 0 Å². The first-order valence-electron chi connectivity index (χ1n) is 13.7. The van der Waals surface area contributed by atoms with Gasteiger partial charge in [-0.25, -0.2) is 0 Å². The van der Waals surface area contributed by atoms with Gasteiger partial charge in [-0.1, -0.05) is 66.2 Å². The third kappa shape index (κ3) is 3.48. The Morgan fingerprint density at radius 1 is 0.833 bits per heavy atom. The minimum Gasteiger partial charge on any atom is -0.497 e. The smallest absolute Gasteiger partial charge is 0.185 e. The van der Waals surface area contributed by atoms with Crippen LogP contribution >= 0.6 is 11.6 Å². The Morgan fingerprint density at radius 2 is 1.50 bits per heavy atom. The number of hydrogen-bond acceptors (Lipinski definition) is 6. The Balaban J connectivity index is 1.58. The van der Waals surface area contributed by atoms with E-state index in [4.69, 9.17) is 21.1 Å². The van der Waals surface area contributed by atoms with Gasteiger partial charge in [0.25, 0.3) is 0 Å². The van der Waals surface area contributed by atoms with Crippen LogP contribution in [0.1, 0.15) is 48.1 Å². The zero-order chi connectivity index (χ0) is 29.2. The molecule has 0 amide bonds. The maximum atomic E-state index is 14.8. The van der Waals surface area contributed by atoms with E-state index in [1.807, 2.05) is 41.3 Å². The van der Waals surface area contributed by atoms with Crippen molar-refractivity contribution in [2.45, 2.75) is 18.0 Å². The number of para-hydroxylation sites is 1. The number of ketones is 3. The number of Topliss-reactive ketones (excluding diaryl/α,β-unsaturated/α-hetero) is 3. The first-order chi connectivity index (χ1) is 20.4. The second-order valence-corrected chi connectivity index (χ2v) is 11.2. The molecule has 1 spiro atoms. The standard InChI is InChI=1S/C35H26ClNO5/c1-41-23-16-17-28(42-2)26(19-23)30-31(32(38)21-11-14-22(36)15-12-21)37-27-10-6-3-7-20(27)13-18-29(37)35(30)33(39)24-8-4-5-9-25(24)34(35)40/h3-19,29-31H,1-2H3. The van der Waals surface area contributed by atoms with Crippen LogP contribution in [-0.2, 0) is 0 Å². The molecule has 2 heterocycles. The predicted molar refractivity (Wildman–Crippen MR) is 161 cm³/mol. The Hall–Kier alpha value is -4.68. The highest BCUT2D eigenvalue weighted by Gasteiger charge is 2.72. The van der Waals surface area contributed by atoms with E-state index in [9.17, 15) is 14.4 Å². The molecular formula is C35H26ClNO5. The highest BCUT2D eigenvalue weighted by atomic mass is 35.5. The molecule has 4 aromatic carbocycles.